The average molecular weight is 252 g/mol. The van der Waals surface area contributed by atoms with Gasteiger partial charge in [0.2, 0.25) is 0 Å². The quantitative estimate of drug-likeness (QED) is 0.670. The normalized spacial score (nSPS) is 10.1. The molecule has 1 amide bonds. The van der Waals surface area contributed by atoms with Crippen LogP contribution < -0.4 is 10.6 Å². The first kappa shape index (κ1) is 14.1. The highest BCUT2D eigenvalue weighted by molar-refractivity contribution is 5.98. The molecule has 0 aliphatic rings. The number of carbonyl (C=O) groups is 2. The molecule has 6 nitrogen and oxygen atoms in total. The molecule has 0 spiro atoms. The molecule has 1 aromatic rings. The summed E-state index contributed by atoms with van der Waals surface area (Å²) in [6.45, 7) is 0.00714. The summed E-state index contributed by atoms with van der Waals surface area (Å²) < 4.78 is 5.02. The van der Waals surface area contributed by atoms with E-state index in [9.17, 15) is 9.59 Å². The minimum absolute atomic E-state index is 0.181. The summed E-state index contributed by atoms with van der Waals surface area (Å²) in [4.78, 5) is 23.8. The van der Waals surface area contributed by atoms with Gasteiger partial charge in [-0.15, -0.1) is 0 Å². The van der Waals surface area contributed by atoms with Crippen LogP contribution in [0.1, 0.15) is 0 Å². The Morgan fingerprint density at radius 3 is 2.50 bits per heavy atom. The number of aliphatic carboxylic acids is 1. The number of hydrogen-bond donors (Lipinski definition) is 2. The first-order chi connectivity index (χ1) is 8.65. The molecule has 98 valence electrons. The van der Waals surface area contributed by atoms with Gasteiger partial charge in [-0.25, -0.2) is 0 Å². The Balaban J connectivity index is 2.72. The molecule has 0 saturated carbocycles. The molecule has 1 rings (SSSR count). The first-order valence-corrected chi connectivity index (χ1v) is 5.50. The number of ether oxygens (including phenoxy) is 1. The number of nitrogens with two attached hydrogens (primary N) is 1. The van der Waals surface area contributed by atoms with Crippen LogP contribution in [0.3, 0.4) is 0 Å². The van der Waals surface area contributed by atoms with Crippen molar-refractivity contribution in [3.05, 3.63) is 30.3 Å². The zero-order valence-corrected chi connectivity index (χ0v) is 9.91. The van der Waals surface area contributed by atoms with Crippen LogP contribution in [0.2, 0.25) is 0 Å². The fourth-order valence-electron chi connectivity index (χ4n) is 1.39. The molecule has 0 aliphatic carbocycles. The van der Waals surface area contributed by atoms with Crippen molar-refractivity contribution in [2.75, 3.05) is 31.2 Å². The van der Waals surface area contributed by atoms with E-state index < -0.39 is 18.4 Å². The Morgan fingerprint density at radius 2 is 1.94 bits per heavy atom. The lowest BCUT2D eigenvalue weighted by molar-refractivity contribution is -0.137. The second-order valence-corrected chi connectivity index (χ2v) is 3.55. The zero-order valence-electron chi connectivity index (χ0n) is 9.91. The van der Waals surface area contributed by atoms with Gasteiger partial charge in [-0.3, -0.25) is 14.5 Å². The van der Waals surface area contributed by atoms with Gasteiger partial charge in [0, 0.05) is 12.2 Å². The highest BCUT2D eigenvalue weighted by Crippen LogP contribution is 2.13. The minimum Gasteiger partial charge on any atom is -0.480 e. The van der Waals surface area contributed by atoms with Crippen molar-refractivity contribution in [1.29, 1.82) is 0 Å². The van der Waals surface area contributed by atoms with Crippen LogP contribution in [0.25, 0.3) is 0 Å². The second-order valence-electron chi connectivity index (χ2n) is 3.55. The summed E-state index contributed by atoms with van der Waals surface area (Å²) in [7, 11) is 0. The van der Waals surface area contributed by atoms with Crippen molar-refractivity contribution in [3.8, 4) is 0 Å². The molecule has 0 heterocycles. The number of anilines is 1. The monoisotopic (exact) mass is 252 g/mol. The smallest absolute Gasteiger partial charge is 0.323 e. The Morgan fingerprint density at radius 1 is 1.28 bits per heavy atom. The van der Waals surface area contributed by atoms with E-state index in [1.54, 1.807) is 30.3 Å². The van der Waals surface area contributed by atoms with Crippen molar-refractivity contribution in [2.45, 2.75) is 0 Å². The molecule has 6 heteroatoms. The summed E-state index contributed by atoms with van der Waals surface area (Å²) in [5, 5.41) is 8.81. The lowest BCUT2D eigenvalue weighted by Gasteiger charge is -2.20. The molecule has 1 aromatic carbocycles. The van der Waals surface area contributed by atoms with Crippen LogP contribution in [0.4, 0.5) is 5.69 Å². The molecule has 0 fully saturated rings. The summed E-state index contributed by atoms with van der Waals surface area (Å²) in [5.74, 6) is -1.48. The number of amides is 1. The average Bonchev–Trinajstić information content (AvgIpc) is 2.37. The number of carbonyl (C=O) groups excluding carboxylic acids is 1. The van der Waals surface area contributed by atoms with Gasteiger partial charge in [0.15, 0.2) is 0 Å². The predicted molar refractivity (Wildman–Crippen MR) is 66.3 cm³/mol. The number of carboxylic acids is 1. The fraction of sp³-hybridized carbons (Fsp3) is 0.333. The lowest BCUT2D eigenvalue weighted by atomic mass is 10.3. The van der Waals surface area contributed by atoms with Crippen LogP contribution in [-0.2, 0) is 14.3 Å². The molecule has 0 unspecified atom stereocenters. The van der Waals surface area contributed by atoms with E-state index in [1.807, 2.05) is 0 Å². The topological polar surface area (TPSA) is 92.9 Å². The van der Waals surface area contributed by atoms with Crippen LogP contribution >= 0.6 is 0 Å². The molecule has 18 heavy (non-hydrogen) atoms. The van der Waals surface area contributed by atoms with Gasteiger partial charge in [-0.2, -0.15) is 0 Å². The first-order valence-electron chi connectivity index (χ1n) is 5.50. The van der Waals surface area contributed by atoms with E-state index in [1.165, 1.54) is 4.90 Å². The highest BCUT2D eigenvalue weighted by atomic mass is 16.5. The third kappa shape index (κ3) is 4.52. The third-order valence-corrected chi connectivity index (χ3v) is 2.15. The highest BCUT2D eigenvalue weighted by Gasteiger charge is 2.18. The summed E-state index contributed by atoms with van der Waals surface area (Å²) in [6, 6.07) is 8.60. The van der Waals surface area contributed by atoms with E-state index in [-0.39, 0.29) is 13.2 Å². The van der Waals surface area contributed by atoms with Gasteiger partial charge < -0.3 is 15.6 Å². The maximum absolute atomic E-state index is 11.9. The Labute approximate surface area is 105 Å². The van der Waals surface area contributed by atoms with E-state index in [4.69, 9.17) is 15.6 Å². The fourth-order valence-corrected chi connectivity index (χ4v) is 1.39. The zero-order chi connectivity index (χ0) is 13.4. The number of para-hydroxylation sites is 1. The van der Waals surface area contributed by atoms with Crippen molar-refractivity contribution in [3.63, 3.8) is 0 Å². The SMILES string of the molecule is NCCOCC(=O)N(CC(=O)O)c1ccccc1. The molecular formula is C12H16N2O4. The summed E-state index contributed by atoms with van der Waals surface area (Å²) in [6.07, 6.45) is 0. The van der Waals surface area contributed by atoms with Gasteiger partial charge in [-0.1, -0.05) is 18.2 Å². The van der Waals surface area contributed by atoms with Gasteiger partial charge in [0.1, 0.15) is 13.2 Å². The second kappa shape index (κ2) is 7.41. The van der Waals surface area contributed by atoms with Gasteiger partial charge in [-0.05, 0) is 12.1 Å². The van der Waals surface area contributed by atoms with Gasteiger partial charge >= 0.3 is 5.97 Å². The van der Waals surface area contributed by atoms with Gasteiger partial charge in [0.25, 0.3) is 5.91 Å². The Kier molecular flexibility index (Phi) is 5.83. The molecule has 0 saturated heterocycles. The number of hydrogen-bond acceptors (Lipinski definition) is 4. The third-order valence-electron chi connectivity index (χ3n) is 2.15. The summed E-state index contributed by atoms with van der Waals surface area (Å²) in [5.41, 5.74) is 5.77. The van der Waals surface area contributed by atoms with Crippen molar-refractivity contribution in [2.24, 2.45) is 5.73 Å². The Hall–Kier alpha value is -1.92. The largest absolute Gasteiger partial charge is 0.480 e. The maximum atomic E-state index is 11.9. The van der Waals surface area contributed by atoms with Crippen molar-refractivity contribution < 1.29 is 19.4 Å². The molecule has 0 radical (unpaired) electrons. The number of benzene rings is 1. The molecule has 0 atom stereocenters. The molecule has 0 bridgehead atoms. The Bertz CT molecular complexity index is 394. The van der Waals surface area contributed by atoms with E-state index in [0.717, 1.165) is 0 Å². The van der Waals surface area contributed by atoms with E-state index in [0.29, 0.717) is 12.2 Å². The molecule has 3 N–H and O–H groups in total. The standard InChI is InChI=1S/C12H16N2O4/c13-6-7-18-9-11(15)14(8-12(16)17)10-4-2-1-3-5-10/h1-5H,6-9,13H2,(H,16,17). The van der Waals surface area contributed by atoms with E-state index in [2.05, 4.69) is 0 Å². The van der Waals surface area contributed by atoms with Crippen molar-refractivity contribution in [1.82, 2.24) is 0 Å². The number of nitrogens with zero attached hydrogens (tertiary/aromatic N) is 1. The van der Waals surface area contributed by atoms with Crippen LogP contribution in [0.5, 0.6) is 0 Å². The molecule has 0 aromatic heterocycles. The minimum atomic E-state index is -1.08. The van der Waals surface area contributed by atoms with Crippen LogP contribution in [0.15, 0.2) is 30.3 Å². The lowest BCUT2D eigenvalue weighted by Crippen LogP contribution is -2.38. The van der Waals surface area contributed by atoms with Gasteiger partial charge in [0.05, 0.1) is 6.61 Å². The molecular weight excluding hydrogens is 236 g/mol. The molecule has 0 aliphatic heterocycles. The number of carboxylic acid groups (broad SMARTS) is 1. The predicted octanol–water partition coefficient (Wildman–Crippen LogP) is 0.0795. The van der Waals surface area contributed by atoms with Crippen LogP contribution in [0, 0.1) is 0 Å². The van der Waals surface area contributed by atoms with Crippen molar-refractivity contribution >= 4 is 17.6 Å². The summed E-state index contributed by atoms with van der Waals surface area (Å²) >= 11 is 0. The van der Waals surface area contributed by atoms with Crippen LogP contribution in [-0.4, -0.2) is 43.3 Å². The van der Waals surface area contributed by atoms with E-state index >= 15 is 0 Å². The maximum Gasteiger partial charge on any atom is 0.323 e. The number of rotatable bonds is 7.